The minimum Gasteiger partial charge on any atom is -0.343 e. The van der Waals surface area contributed by atoms with Crippen LogP contribution in [0.4, 0.5) is 4.39 Å². The number of halogens is 2. The Morgan fingerprint density at radius 2 is 1.71 bits per heavy atom. The Morgan fingerprint density at radius 3 is 2.44 bits per heavy atom. The van der Waals surface area contributed by atoms with Crippen LogP contribution < -0.4 is 10.7 Å². The van der Waals surface area contributed by atoms with Gasteiger partial charge in [0.2, 0.25) is 0 Å². The lowest BCUT2D eigenvalue weighted by molar-refractivity contribution is -0.120. The molecule has 0 radical (unpaired) electrons. The molecule has 0 bridgehead atoms. The lowest BCUT2D eigenvalue weighted by atomic mass is 10.1. The quantitative estimate of drug-likeness (QED) is 0.310. The summed E-state index contributed by atoms with van der Waals surface area (Å²) >= 11 is 5.99. The third kappa shape index (κ3) is 5.54. The molecule has 0 atom stereocenters. The largest absolute Gasteiger partial charge is 0.343 e. The SMILES string of the molecule is O=C(CNC(=O)c1ccccc1Cl)N/N=C/c1cn(-c2ccccc2)nc1-c1ccc(F)cc1. The van der Waals surface area contributed by atoms with Gasteiger partial charge in [0.15, 0.2) is 0 Å². The molecule has 0 unspecified atom stereocenters. The van der Waals surface area contributed by atoms with Crippen molar-refractivity contribution >= 4 is 29.6 Å². The number of carbonyl (C=O) groups is 2. The van der Waals surface area contributed by atoms with E-state index in [1.165, 1.54) is 18.3 Å². The van der Waals surface area contributed by atoms with E-state index in [-0.39, 0.29) is 17.9 Å². The number of carbonyl (C=O) groups excluding carboxylic acids is 2. The monoisotopic (exact) mass is 475 g/mol. The van der Waals surface area contributed by atoms with E-state index in [4.69, 9.17) is 11.6 Å². The van der Waals surface area contributed by atoms with Crippen molar-refractivity contribution in [3.63, 3.8) is 0 Å². The van der Waals surface area contributed by atoms with Gasteiger partial charge >= 0.3 is 0 Å². The summed E-state index contributed by atoms with van der Waals surface area (Å²) < 4.78 is 15.1. The van der Waals surface area contributed by atoms with Crippen LogP contribution in [0.5, 0.6) is 0 Å². The van der Waals surface area contributed by atoms with Gasteiger partial charge in [-0.05, 0) is 48.5 Å². The number of hydrazone groups is 1. The highest BCUT2D eigenvalue weighted by Crippen LogP contribution is 2.23. The molecule has 7 nitrogen and oxygen atoms in total. The zero-order valence-electron chi connectivity index (χ0n) is 17.8. The first kappa shape index (κ1) is 22.9. The first-order chi connectivity index (χ1) is 16.5. The van der Waals surface area contributed by atoms with Crippen LogP contribution in [0, 0.1) is 5.82 Å². The number of hydrogen-bond donors (Lipinski definition) is 2. The Kier molecular flexibility index (Phi) is 7.10. The van der Waals surface area contributed by atoms with E-state index in [9.17, 15) is 14.0 Å². The molecule has 34 heavy (non-hydrogen) atoms. The number of nitrogens with zero attached hydrogens (tertiary/aromatic N) is 3. The van der Waals surface area contributed by atoms with Crippen LogP contribution in [0.2, 0.25) is 5.02 Å². The van der Waals surface area contributed by atoms with E-state index < -0.39 is 11.8 Å². The second kappa shape index (κ2) is 10.5. The molecule has 0 fully saturated rings. The van der Waals surface area contributed by atoms with E-state index in [1.807, 2.05) is 30.3 Å². The number of benzene rings is 3. The Morgan fingerprint density at radius 1 is 1.00 bits per heavy atom. The van der Waals surface area contributed by atoms with E-state index in [0.717, 1.165) is 5.69 Å². The van der Waals surface area contributed by atoms with E-state index in [2.05, 4.69) is 20.9 Å². The third-order valence-corrected chi connectivity index (χ3v) is 5.13. The van der Waals surface area contributed by atoms with Crippen molar-refractivity contribution in [3.05, 3.63) is 107 Å². The first-order valence-corrected chi connectivity index (χ1v) is 10.6. The first-order valence-electron chi connectivity index (χ1n) is 10.3. The molecule has 2 N–H and O–H groups in total. The maximum absolute atomic E-state index is 13.4. The molecule has 0 aliphatic rings. The summed E-state index contributed by atoms with van der Waals surface area (Å²) in [4.78, 5) is 24.3. The predicted octanol–water partition coefficient (Wildman–Crippen LogP) is 4.21. The van der Waals surface area contributed by atoms with Crippen LogP contribution in [0.15, 0.2) is 90.2 Å². The number of amides is 2. The lowest BCUT2D eigenvalue weighted by Gasteiger charge is -2.05. The minimum absolute atomic E-state index is 0.276. The van der Waals surface area contributed by atoms with Crippen LogP contribution in [0.25, 0.3) is 16.9 Å². The number of aromatic nitrogens is 2. The molecule has 170 valence electrons. The molecule has 1 heterocycles. The number of nitrogens with one attached hydrogen (secondary N) is 2. The molecule has 0 spiro atoms. The van der Waals surface area contributed by atoms with Crippen LogP contribution in [-0.4, -0.2) is 34.4 Å². The van der Waals surface area contributed by atoms with Crippen molar-refractivity contribution in [2.45, 2.75) is 0 Å². The third-order valence-electron chi connectivity index (χ3n) is 4.80. The summed E-state index contributed by atoms with van der Waals surface area (Å²) in [7, 11) is 0. The minimum atomic E-state index is -0.518. The fraction of sp³-hybridized carbons (Fsp3) is 0.0400. The maximum atomic E-state index is 13.4. The summed E-state index contributed by atoms with van der Waals surface area (Å²) in [5, 5.41) is 11.4. The van der Waals surface area contributed by atoms with Gasteiger partial charge in [0.25, 0.3) is 11.8 Å². The Bertz CT molecular complexity index is 1340. The number of rotatable bonds is 7. The summed E-state index contributed by atoms with van der Waals surface area (Å²) in [5.74, 6) is -1.34. The fourth-order valence-electron chi connectivity index (χ4n) is 3.14. The van der Waals surface area contributed by atoms with Gasteiger partial charge in [-0.25, -0.2) is 14.5 Å². The van der Waals surface area contributed by atoms with Crippen molar-refractivity contribution in [1.82, 2.24) is 20.5 Å². The normalized spacial score (nSPS) is 10.9. The zero-order valence-corrected chi connectivity index (χ0v) is 18.5. The highest BCUT2D eigenvalue weighted by Gasteiger charge is 2.13. The average molecular weight is 476 g/mol. The average Bonchev–Trinajstić information content (AvgIpc) is 3.28. The van der Waals surface area contributed by atoms with Gasteiger partial charge in [-0.3, -0.25) is 9.59 Å². The molecule has 0 aliphatic heterocycles. The van der Waals surface area contributed by atoms with Gasteiger partial charge in [-0.15, -0.1) is 0 Å². The predicted molar refractivity (Wildman–Crippen MR) is 128 cm³/mol. The van der Waals surface area contributed by atoms with Gasteiger partial charge in [0.1, 0.15) is 11.5 Å². The second-order valence-electron chi connectivity index (χ2n) is 7.18. The molecule has 0 saturated heterocycles. The summed E-state index contributed by atoms with van der Waals surface area (Å²) in [5.41, 5.74) is 5.34. The topological polar surface area (TPSA) is 88.4 Å². The van der Waals surface area contributed by atoms with Gasteiger partial charge in [-0.2, -0.15) is 10.2 Å². The number of hydrogen-bond acceptors (Lipinski definition) is 4. The fourth-order valence-corrected chi connectivity index (χ4v) is 3.36. The van der Waals surface area contributed by atoms with Gasteiger partial charge in [0, 0.05) is 17.3 Å². The molecule has 1 aromatic heterocycles. The Hall–Kier alpha value is -4.30. The molecule has 4 rings (SSSR count). The van der Waals surface area contributed by atoms with Crippen LogP contribution in [0.1, 0.15) is 15.9 Å². The molecule has 2 amide bonds. The van der Waals surface area contributed by atoms with E-state index in [1.54, 1.807) is 47.3 Å². The van der Waals surface area contributed by atoms with Crippen molar-refractivity contribution in [2.75, 3.05) is 6.54 Å². The van der Waals surface area contributed by atoms with Crippen LogP contribution in [0.3, 0.4) is 0 Å². The molecule has 9 heteroatoms. The number of para-hydroxylation sites is 1. The molecule has 0 saturated carbocycles. The van der Waals surface area contributed by atoms with Crippen molar-refractivity contribution in [3.8, 4) is 16.9 Å². The van der Waals surface area contributed by atoms with Crippen LogP contribution in [-0.2, 0) is 4.79 Å². The van der Waals surface area contributed by atoms with Crippen LogP contribution >= 0.6 is 11.6 Å². The van der Waals surface area contributed by atoms with E-state index >= 15 is 0 Å². The lowest BCUT2D eigenvalue weighted by Crippen LogP contribution is -2.35. The molecule has 3 aromatic carbocycles. The van der Waals surface area contributed by atoms with Gasteiger partial charge < -0.3 is 5.32 Å². The van der Waals surface area contributed by atoms with Crippen molar-refractivity contribution in [2.24, 2.45) is 5.10 Å². The highest BCUT2D eigenvalue weighted by atomic mass is 35.5. The zero-order chi connectivity index (χ0) is 23.9. The Labute approximate surface area is 199 Å². The summed E-state index contributed by atoms with van der Waals surface area (Å²) in [6, 6.07) is 21.9. The molecule has 4 aromatic rings. The van der Waals surface area contributed by atoms with E-state index in [0.29, 0.717) is 21.8 Å². The Balaban J connectivity index is 1.46. The summed E-state index contributed by atoms with van der Waals surface area (Å²) in [6.07, 6.45) is 3.20. The second-order valence-corrected chi connectivity index (χ2v) is 7.58. The molecule has 0 aliphatic carbocycles. The highest BCUT2D eigenvalue weighted by molar-refractivity contribution is 6.33. The summed E-state index contributed by atoms with van der Waals surface area (Å²) in [6.45, 7) is -0.282. The smallest absolute Gasteiger partial charge is 0.259 e. The van der Waals surface area contributed by atoms with Gasteiger partial charge in [-0.1, -0.05) is 41.9 Å². The maximum Gasteiger partial charge on any atom is 0.259 e. The van der Waals surface area contributed by atoms with Crippen molar-refractivity contribution in [1.29, 1.82) is 0 Å². The van der Waals surface area contributed by atoms with Gasteiger partial charge in [0.05, 0.1) is 29.0 Å². The molecular weight excluding hydrogens is 457 g/mol. The standard InChI is InChI=1S/C25H19ClFN5O2/c26-22-9-5-4-8-21(22)25(34)28-15-23(33)30-29-14-18-16-32(20-6-2-1-3-7-20)31-24(18)17-10-12-19(27)13-11-17/h1-14,16H,15H2,(H,28,34)(H,30,33)/b29-14+. The van der Waals surface area contributed by atoms with Crippen molar-refractivity contribution < 1.29 is 14.0 Å². The molecular formula is C25H19ClFN5O2.